The molecule has 0 radical (unpaired) electrons. The van der Waals surface area contributed by atoms with E-state index in [0.29, 0.717) is 11.5 Å². The van der Waals surface area contributed by atoms with Crippen LogP contribution in [0.3, 0.4) is 0 Å². The largest absolute Gasteiger partial charge is 0.464 e. The SMILES string of the molecule is Cc1cc(C)c(NC(=O)[C@H](C)Oc2cc(C)c3c(C)nn(-c4ccccc4)c3n2)c(C)c1. The van der Waals surface area contributed by atoms with Gasteiger partial charge >= 0.3 is 0 Å². The summed E-state index contributed by atoms with van der Waals surface area (Å²) in [4.78, 5) is 17.6. The number of aryl methyl sites for hydroxylation is 5. The van der Waals surface area contributed by atoms with Crippen LogP contribution in [0.15, 0.2) is 48.5 Å². The molecular weight excluding hydrogens is 400 g/mol. The Labute approximate surface area is 188 Å². The van der Waals surface area contributed by atoms with Crippen molar-refractivity contribution >= 4 is 22.6 Å². The summed E-state index contributed by atoms with van der Waals surface area (Å²) in [6.45, 7) is 11.7. The molecule has 2 heterocycles. The van der Waals surface area contributed by atoms with Gasteiger partial charge in [-0.2, -0.15) is 10.1 Å². The molecule has 1 N–H and O–H groups in total. The van der Waals surface area contributed by atoms with E-state index in [2.05, 4.69) is 22.5 Å². The highest BCUT2D eigenvalue weighted by atomic mass is 16.5. The summed E-state index contributed by atoms with van der Waals surface area (Å²) < 4.78 is 7.79. The molecular formula is C26H28N4O2. The summed E-state index contributed by atoms with van der Waals surface area (Å²) in [5, 5.41) is 8.68. The zero-order valence-electron chi connectivity index (χ0n) is 19.4. The fourth-order valence-electron chi connectivity index (χ4n) is 4.12. The minimum atomic E-state index is -0.714. The fraction of sp³-hybridized carbons (Fsp3) is 0.269. The molecule has 4 aromatic rings. The van der Waals surface area contributed by atoms with Gasteiger partial charge in [-0.1, -0.05) is 35.9 Å². The minimum absolute atomic E-state index is 0.215. The van der Waals surface area contributed by atoms with Crippen molar-refractivity contribution in [2.24, 2.45) is 0 Å². The summed E-state index contributed by atoms with van der Waals surface area (Å²) in [5.74, 6) is 0.180. The van der Waals surface area contributed by atoms with Gasteiger partial charge in [-0.05, 0) is 70.4 Å². The van der Waals surface area contributed by atoms with Crippen LogP contribution in [0.4, 0.5) is 5.69 Å². The number of pyridine rings is 1. The van der Waals surface area contributed by atoms with Crippen molar-refractivity contribution in [3.8, 4) is 11.6 Å². The minimum Gasteiger partial charge on any atom is -0.464 e. The van der Waals surface area contributed by atoms with Gasteiger partial charge in [-0.15, -0.1) is 0 Å². The molecule has 6 heteroatoms. The molecule has 164 valence electrons. The van der Waals surface area contributed by atoms with E-state index < -0.39 is 6.10 Å². The second kappa shape index (κ2) is 8.46. The van der Waals surface area contributed by atoms with Crippen LogP contribution < -0.4 is 10.1 Å². The van der Waals surface area contributed by atoms with Crippen molar-refractivity contribution < 1.29 is 9.53 Å². The summed E-state index contributed by atoms with van der Waals surface area (Å²) in [6.07, 6.45) is -0.714. The lowest BCUT2D eigenvalue weighted by Crippen LogP contribution is -2.31. The van der Waals surface area contributed by atoms with Crippen molar-refractivity contribution in [2.75, 3.05) is 5.32 Å². The van der Waals surface area contributed by atoms with E-state index in [1.54, 1.807) is 6.92 Å². The summed E-state index contributed by atoms with van der Waals surface area (Å²) in [5.41, 5.74) is 7.58. The van der Waals surface area contributed by atoms with Gasteiger partial charge in [0.25, 0.3) is 5.91 Å². The number of carbonyl (C=O) groups is 1. The molecule has 0 fully saturated rings. The molecule has 6 nitrogen and oxygen atoms in total. The normalized spacial score (nSPS) is 12.1. The number of hydrogen-bond donors (Lipinski definition) is 1. The summed E-state index contributed by atoms with van der Waals surface area (Å²) in [7, 11) is 0. The highest BCUT2D eigenvalue weighted by molar-refractivity contribution is 5.95. The lowest BCUT2D eigenvalue weighted by atomic mass is 10.0. The third-order valence-corrected chi connectivity index (χ3v) is 5.58. The van der Waals surface area contributed by atoms with E-state index in [9.17, 15) is 4.79 Å². The van der Waals surface area contributed by atoms with E-state index in [1.165, 1.54) is 5.56 Å². The number of benzene rings is 2. The van der Waals surface area contributed by atoms with Gasteiger partial charge in [0.15, 0.2) is 11.8 Å². The van der Waals surface area contributed by atoms with Crippen molar-refractivity contribution in [2.45, 2.75) is 47.6 Å². The first-order chi connectivity index (χ1) is 15.2. The van der Waals surface area contributed by atoms with Crippen LogP contribution in [0.1, 0.15) is 34.9 Å². The Balaban J connectivity index is 1.62. The molecule has 0 aliphatic rings. The van der Waals surface area contributed by atoms with Crippen molar-refractivity contribution in [3.05, 3.63) is 76.5 Å². The number of ether oxygens (including phenoxy) is 1. The molecule has 0 bridgehead atoms. The van der Waals surface area contributed by atoms with E-state index in [-0.39, 0.29) is 5.91 Å². The smallest absolute Gasteiger partial charge is 0.265 e. The topological polar surface area (TPSA) is 69.0 Å². The van der Waals surface area contributed by atoms with Gasteiger partial charge in [-0.3, -0.25) is 4.79 Å². The van der Waals surface area contributed by atoms with Gasteiger partial charge in [0.1, 0.15) is 0 Å². The fourth-order valence-corrected chi connectivity index (χ4v) is 4.12. The number of rotatable bonds is 5. The molecule has 4 rings (SSSR count). The molecule has 0 saturated heterocycles. The molecule has 2 aromatic carbocycles. The molecule has 0 unspecified atom stereocenters. The Kier molecular flexibility index (Phi) is 5.70. The van der Waals surface area contributed by atoms with Crippen molar-refractivity contribution in [1.82, 2.24) is 14.8 Å². The Bertz CT molecular complexity index is 1290. The maximum Gasteiger partial charge on any atom is 0.265 e. The highest BCUT2D eigenvalue weighted by Crippen LogP contribution is 2.27. The average Bonchev–Trinajstić information content (AvgIpc) is 3.08. The van der Waals surface area contributed by atoms with Gasteiger partial charge in [-0.25, -0.2) is 4.68 Å². The van der Waals surface area contributed by atoms with Gasteiger partial charge < -0.3 is 10.1 Å². The number of nitrogens with zero attached hydrogens (tertiary/aromatic N) is 3. The number of hydrogen-bond acceptors (Lipinski definition) is 4. The average molecular weight is 429 g/mol. The number of anilines is 1. The Morgan fingerprint density at radius 3 is 2.28 bits per heavy atom. The summed E-state index contributed by atoms with van der Waals surface area (Å²) >= 11 is 0. The maximum atomic E-state index is 12.9. The molecule has 1 atom stereocenters. The van der Waals surface area contributed by atoms with Crippen LogP contribution in [0.5, 0.6) is 5.88 Å². The molecule has 2 aromatic heterocycles. The number of fused-ring (bicyclic) bond motifs is 1. The molecule has 0 aliphatic heterocycles. The van der Waals surface area contributed by atoms with E-state index >= 15 is 0 Å². The van der Waals surface area contributed by atoms with Crippen LogP contribution in [0, 0.1) is 34.6 Å². The molecule has 0 spiro atoms. The second-order valence-electron chi connectivity index (χ2n) is 8.33. The Hall–Kier alpha value is -3.67. The lowest BCUT2D eigenvalue weighted by Gasteiger charge is -2.17. The first kappa shape index (κ1) is 21.6. The third-order valence-electron chi connectivity index (χ3n) is 5.58. The molecule has 1 amide bonds. The van der Waals surface area contributed by atoms with E-state index in [4.69, 9.17) is 9.72 Å². The molecule has 0 aliphatic carbocycles. The number of nitrogens with one attached hydrogen (secondary N) is 1. The van der Waals surface area contributed by atoms with Gasteiger partial charge in [0.05, 0.1) is 11.4 Å². The first-order valence-corrected chi connectivity index (χ1v) is 10.7. The van der Waals surface area contributed by atoms with E-state index in [0.717, 1.165) is 39.1 Å². The summed E-state index contributed by atoms with van der Waals surface area (Å²) in [6, 6.07) is 15.8. The monoisotopic (exact) mass is 428 g/mol. The molecule has 0 saturated carbocycles. The Morgan fingerprint density at radius 2 is 1.62 bits per heavy atom. The van der Waals surface area contributed by atoms with Gasteiger partial charge in [0.2, 0.25) is 5.88 Å². The lowest BCUT2D eigenvalue weighted by molar-refractivity contribution is -0.122. The van der Waals surface area contributed by atoms with Crippen LogP contribution in [0.2, 0.25) is 0 Å². The van der Waals surface area contributed by atoms with Crippen LogP contribution in [-0.4, -0.2) is 26.8 Å². The van der Waals surface area contributed by atoms with Crippen LogP contribution in [-0.2, 0) is 4.79 Å². The highest BCUT2D eigenvalue weighted by Gasteiger charge is 2.20. The van der Waals surface area contributed by atoms with E-state index in [1.807, 2.05) is 75.7 Å². The van der Waals surface area contributed by atoms with Gasteiger partial charge in [0, 0.05) is 17.1 Å². The maximum absolute atomic E-state index is 12.9. The number of para-hydroxylation sites is 1. The zero-order chi connectivity index (χ0) is 23.0. The second-order valence-corrected chi connectivity index (χ2v) is 8.33. The molecule has 32 heavy (non-hydrogen) atoms. The van der Waals surface area contributed by atoms with Crippen molar-refractivity contribution in [1.29, 1.82) is 0 Å². The third kappa shape index (κ3) is 4.08. The standard InChI is InChI=1S/C26H28N4O2/c1-15-12-17(3)24(18(4)13-15)28-26(31)20(6)32-22-14-16(2)23-19(5)29-30(25(23)27-22)21-10-8-7-9-11-21/h7-14,20H,1-6H3,(H,28,31)/t20-/m0/s1. The number of aromatic nitrogens is 3. The number of amides is 1. The van der Waals surface area contributed by atoms with Crippen LogP contribution in [0.25, 0.3) is 16.7 Å². The van der Waals surface area contributed by atoms with Crippen LogP contribution >= 0.6 is 0 Å². The zero-order valence-corrected chi connectivity index (χ0v) is 19.4. The van der Waals surface area contributed by atoms with Crippen molar-refractivity contribution in [3.63, 3.8) is 0 Å². The first-order valence-electron chi connectivity index (χ1n) is 10.7. The quantitative estimate of drug-likeness (QED) is 0.464. The number of carbonyl (C=O) groups excluding carboxylic acids is 1. The predicted octanol–water partition coefficient (Wildman–Crippen LogP) is 5.37. The predicted molar refractivity (Wildman–Crippen MR) is 128 cm³/mol. The Morgan fingerprint density at radius 1 is 0.969 bits per heavy atom.